The normalized spacial score (nSPS) is 10.2. The first kappa shape index (κ1) is 23.5. The van der Waals surface area contributed by atoms with Crippen LogP contribution in [-0.4, -0.2) is 75.6 Å². The van der Waals surface area contributed by atoms with Gasteiger partial charge in [-0.2, -0.15) is 0 Å². The lowest BCUT2D eigenvalue weighted by Crippen LogP contribution is -2.26. The van der Waals surface area contributed by atoms with Crippen LogP contribution < -0.4 is 0 Å². The van der Waals surface area contributed by atoms with Gasteiger partial charge in [0, 0.05) is 0 Å². The molecule has 12 nitrogen and oxygen atoms in total. The summed E-state index contributed by atoms with van der Waals surface area (Å²) in [4.78, 5) is 74.8. The number of rotatable bonds is 14. The number of isocyanates is 3. The monoisotopic (exact) mass is 383 g/mol. The Hall–Kier alpha value is -3.45. The maximum atomic E-state index is 12.0. The average molecular weight is 383 g/mol. The average Bonchev–Trinajstić information content (AvgIpc) is 2.65. The summed E-state index contributed by atoms with van der Waals surface area (Å²) in [6.07, 6.45) is 2.84. The highest BCUT2D eigenvalue weighted by molar-refractivity contribution is 5.84. The van der Waals surface area contributed by atoms with Gasteiger partial charge in [-0.25, -0.2) is 29.4 Å². The van der Waals surface area contributed by atoms with E-state index in [4.69, 9.17) is 14.2 Å². The van der Waals surface area contributed by atoms with Crippen molar-refractivity contribution in [3.05, 3.63) is 0 Å². The zero-order valence-corrected chi connectivity index (χ0v) is 14.3. The van der Waals surface area contributed by atoms with Crippen molar-refractivity contribution in [1.82, 2.24) is 0 Å². The van der Waals surface area contributed by atoms with Gasteiger partial charge in [-0.05, 0) is 0 Å². The Morgan fingerprint density at radius 1 is 0.667 bits per heavy atom. The predicted molar refractivity (Wildman–Crippen MR) is 84.6 cm³/mol. The van der Waals surface area contributed by atoms with Crippen LogP contribution >= 0.6 is 0 Å². The predicted octanol–water partition coefficient (Wildman–Crippen LogP) is -0.980. The lowest BCUT2D eigenvalue weighted by atomic mass is 10.0. The van der Waals surface area contributed by atoms with Gasteiger partial charge in [0.1, 0.15) is 19.8 Å². The second kappa shape index (κ2) is 16.0. The number of esters is 3. The summed E-state index contributed by atoms with van der Waals surface area (Å²) in [5.41, 5.74) is 0. The van der Waals surface area contributed by atoms with E-state index >= 15 is 0 Å². The molecular formula is C15H17N3O9. The fourth-order valence-electron chi connectivity index (χ4n) is 1.62. The van der Waals surface area contributed by atoms with Gasteiger partial charge in [0.15, 0.2) is 0 Å². The van der Waals surface area contributed by atoms with E-state index in [1.165, 1.54) is 18.2 Å². The van der Waals surface area contributed by atoms with E-state index in [2.05, 4.69) is 15.0 Å². The molecule has 0 aliphatic carbocycles. The molecule has 0 aromatic carbocycles. The molecule has 0 aliphatic rings. The zero-order valence-electron chi connectivity index (χ0n) is 14.3. The van der Waals surface area contributed by atoms with Crippen molar-refractivity contribution in [2.45, 2.75) is 12.8 Å². The second-order valence-corrected chi connectivity index (χ2v) is 4.63. The van der Waals surface area contributed by atoms with Crippen LogP contribution in [0.1, 0.15) is 12.8 Å². The minimum atomic E-state index is -1.20. The van der Waals surface area contributed by atoms with Crippen LogP contribution in [0.3, 0.4) is 0 Å². The second-order valence-electron chi connectivity index (χ2n) is 4.63. The Morgan fingerprint density at radius 3 is 1.41 bits per heavy atom. The molecule has 0 spiro atoms. The molecule has 12 heteroatoms. The van der Waals surface area contributed by atoms with Crippen molar-refractivity contribution in [3.63, 3.8) is 0 Å². The first-order valence-corrected chi connectivity index (χ1v) is 7.63. The molecule has 0 N–H and O–H groups in total. The quantitative estimate of drug-likeness (QED) is 0.120. The largest absolute Gasteiger partial charge is 0.464 e. The SMILES string of the molecule is O=C=NCCOC(=O)CC(CC(=O)OCCN=C=O)C(=O)OCCN=C=O. The highest BCUT2D eigenvalue weighted by atomic mass is 16.5. The summed E-state index contributed by atoms with van der Waals surface area (Å²) in [7, 11) is 0. The lowest BCUT2D eigenvalue weighted by Gasteiger charge is -2.14. The van der Waals surface area contributed by atoms with Gasteiger partial charge in [-0.1, -0.05) is 0 Å². The van der Waals surface area contributed by atoms with E-state index in [-0.39, 0.29) is 39.5 Å². The summed E-state index contributed by atoms with van der Waals surface area (Å²) >= 11 is 0. The molecule has 0 saturated carbocycles. The number of aliphatic imine (C=N–C) groups is 3. The standard InChI is InChI=1S/C15H17N3O9/c19-9-16-1-4-25-13(22)7-12(15(24)27-6-3-18-11-21)8-14(23)26-5-2-17-10-20/h12H,1-8H2. The summed E-state index contributed by atoms with van der Waals surface area (Å²) in [6, 6.07) is 0. The Bertz CT molecular complexity index is 607. The van der Waals surface area contributed by atoms with Crippen molar-refractivity contribution in [3.8, 4) is 0 Å². The van der Waals surface area contributed by atoms with Crippen LogP contribution in [-0.2, 0) is 43.0 Å². The van der Waals surface area contributed by atoms with Crippen LogP contribution in [0.4, 0.5) is 0 Å². The van der Waals surface area contributed by atoms with Gasteiger partial charge in [-0.3, -0.25) is 14.4 Å². The van der Waals surface area contributed by atoms with Gasteiger partial charge in [-0.15, -0.1) is 0 Å². The van der Waals surface area contributed by atoms with Gasteiger partial charge >= 0.3 is 17.9 Å². The molecule has 27 heavy (non-hydrogen) atoms. The molecule has 0 unspecified atom stereocenters. The van der Waals surface area contributed by atoms with Crippen molar-refractivity contribution >= 4 is 36.1 Å². The molecule has 0 radical (unpaired) electrons. The number of carbonyl (C=O) groups is 3. The smallest absolute Gasteiger partial charge is 0.310 e. The Kier molecular flexibility index (Phi) is 14.0. The molecule has 0 aromatic rings. The third-order valence-corrected chi connectivity index (χ3v) is 2.73. The van der Waals surface area contributed by atoms with Crippen LogP contribution in [0, 0.1) is 5.92 Å². The number of hydrogen-bond acceptors (Lipinski definition) is 12. The van der Waals surface area contributed by atoms with Gasteiger partial charge in [0.2, 0.25) is 18.2 Å². The summed E-state index contributed by atoms with van der Waals surface area (Å²) < 4.78 is 14.4. The highest BCUT2D eigenvalue weighted by Gasteiger charge is 2.27. The molecule has 0 aliphatic heterocycles. The third kappa shape index (κ3) is 13.5. The number of nitrogens with zero attached hydrogens (tertiary/aromatic N) is 3. The fraction of sp³-hybridized carbons (Fsp3) is 0.600. The van der Waals surface area contributed by atoms with Crippen LogP contribution in [0.25, 0.3) is 0 Å². The molecular weight excluding hydrogens is 366 g/mol. The maximum absolute atomic E-state index is 12.0. The topological polar surface area (TPSA) is 167 Å². The molecule has 0 aromatic heterocycles. The first-order valence-electron chi connectivity index (χ1n) is 7.63. The van der Waals surface area contributed by atoms with Crippen molar-refractivity contribution < 1.29 is 43.0 Å². The van der Waals surface area contributed by atoms with Gasteiger partial charge < -0.3 is 14.2 Å². The van der Waals surface area contributed by atoms with Gasteiger partial charge in [0.25, 0.3) is 0 Å². The van der Waals surface area contributed by atoms with Crippen LogP contribution in [0.15, 0.2) is 15.0 Å². The summed E-state index contributed by atoms with van der Waals surface area (Å²) in [5.74, 6) is -3.72. The molecule has 0 heterocycles. The van der Waals surface area contributed by atoms with E-state index in [1.807, 2.05) is 0 Å². The van der Waals surface area contributed by atoms with E-state index in [0.29, 0.717) is 0 Å². The van der Waals surface area contributed by atoms with E-state index in [9.17, 15) is 28.8 Å². The third-order valence-electron chi connectivity index (χ3n) is 2.73. The maximum Gasteiger partial charge on any atom is 0.310 e. The molecule has 0 rings (SSSR count). The molecule has 0 atom stereocenters. The number of ether oxygens (including phenoxy) is 3. The fourth-order valence-corrected chi connectivity index (χ4v) is 1.62. The molecule has 0 fully saturated rings. The highest BCUT2D eigenvalue weighted by Crippen LogP contribution is 2.14. The minimum absolute atomic E-state index is 0.0899. The Morgan fingerprint density at radius 2 is 1.04 bits per heavy atom. The summed E-state index contributed by atoms with van der Waals surface area (Å²) in [6.45, 7) is -0.933. The van der Waals surface area contributed by atoms with Crippen molar-refractivity contribution in [2.24, 2.45) is 20.9 Å². The van der Waals surface area contributed by atoms with Crippen molar-refractivity contribution in [1.29, 1.82) is 0 Å². The van der Waals surface area contributed by atoms with Crippen molar-refractivity contribution in [2.75, 3.05) is 39.5 Å². The minimum Gasteiger partial charge on any atom is -0.464 e. The number of hydrogen-bond donors (Lipinski definition) is 0. The summed E-state index contributed by atoms with van der Waals surface area (Å²) in [5, 5.41) is 0. The van der Waals surface area contributed by atoms with E-state index in [0.717, 1.165) is 0 Å². The van der Waals surface area contributed by atoms with E-state index < -0.39 is 36.7 Å². The Labute approximate surface area is 153 Å². The lowest BCUT2D eigenvalue weighted by molar-refractivity contribution is -0.159. The number of carbonyl (C=O) groups excluding carboxylic acids is 6. The first-order chi connectivity index (χ1) is 13.0. The molecule has 0 amide bonds. The van der Waals surface area contributed by atoms with E-state index in [1.54, 1.807) is 0 Å². The molecule has 0 saturated heterocycles. The Balaban J connectivity index is 4.66. The van der Waals surface area contributed by atoms with Crippen LogP contribution in [0.2, 0.25) is 0 Å². The van der Waals surface area contributed by atoms with Gasteiger partial charge in [0.05, 0.1) is 38.4 Å². The molecule has 146 valence electrons. The molecule has 0 bridgehead atoms. The zero-order chi connectivity index (χ0) is 20.3. The van der Waals surface area contributed by atoms with Crippen LogP contribution in [0.5, 0.6) is 0 Å².